The maximum absolute atomic E-state index is 12.4. The fraction of sp³-hybridized carbons (Fsp3) is 0.333. The Bertz CT molecular complexity index is 639. The summed E-state index contributed by atoms with van der Waals surface area (Å²) in [6.07, 6.45) is 1.70. The van der Waals surface area contributed by atoms with Crippen molar-refractivity contribution in [1.82, 2.24) is 15.6 Å². The average molecular weight is 253 g/mol. The van der Waals surface area contributed by atoms with Gasteiger partial charge < -0.3 is 10.6 Å². The Morgan fingerprint density at radius 1 is 1.21 bits per heavy atom. The summed E-state index contributed by atoms with van der Waals surface area (Å²) >= 11 is 0. The number of carbonyl (C=O) groups is 1. The number of para-hydroxylation sites is 1. The first kappa shape index (κ1) is 10.9. The monoisotopic (exact) mass is 253 g/mol. The van der Waals surface area contributed by atoms with Gasteiger partial charge in [-0.3, -0.25) is 9.78 Å². The first-order chi connectivity index (χ1) is 9.34. The van der Waals surface area contributed by atoms with Gasteiger partial charge in [-0.25, -0.2) is 0 Å². The van der Waals surface area contributed by atoms with Crippen molar-refractivity contribution < 1.29 is 4.79 Å². The highest BCUT2D eigenvalue weighted by Crippen LogP contribution is 2.41. The Labute approximate surface area is 111 Å². The van der Waals surface area contributed by atoms with Crippen LogP contribution in [0.15, 0.2) is 36.5 Å². The summed E-state index contributed by atoms with van der Waals surface area (Å²) in [6, 6.07) is 9.92. The van der Waals surface area contributed by atoms with E-state index in [1.807, 2.05) is 24.3 Å². The van der Waals surface area contributed by atoms with Gasteiger partial charge in [-0.1, -0.05) is 18.2 Å². The van der Waals surface area contributed by atoms with Crippen LogP contribution in [-0.2, 0) is 0 Å². The number of hydrogen-bond acceptors (Lipinski definition) is 3. The SMILES string of the molecule is O=C(NC1C2CNCC21)c1ccnc2ccccc12. The minimum Gasteiger partial charge on any atom is -0.349 e. The van der Waals surface area contributed by atoms with Crippen LogP contribution in [0.5, 0.6) is 0 Å². The largest absolute Gasteiger partial charge is 0.349 e. The van der Waals surface area contributed by atoms with E-state index in [2.05, 4.69) is 15.6 Å². The van der Waals surface area contributed by atoms with Crippen molar-refractivity contribution >= 4 is 16.8 Å². The van der Waals surface area contributed by atoms with Crippen molar-refractivity contribution in [2.24, 2.45) is 11.8 Å². The van der Waals surface area contributed by atoms with Gasteiger partial charge in [0.25, 0.3) is 5.91 Å². The van der Waals surface area contributed by atoms with Gasteiger partial charge in [-0.2, -0.15) is 0 Å². The fourth-order valence-electron chi connectivity index (χ4n) is 3.16. The number of piperidine rings is 1. The van der Waals surface area contributed by atoms with E-state index in [-0.39, 0.29) is 5.91 Å². The Hall–Kier alpha value is -1.94. The Morgan fingerprint density at radius 2 is 2.00 bits per heavy atom. The molecule has 2 heterocycles. The molecule has 19 heavy (non-hydrogen) atoms. The molecule has 1 aliphatic carbocycles. The molecule has 2 fully saturated rings. The van der Waals surface area contributed by atoms with Crippen molar-refractivity contribution in [3.63, 3.8) is 0 Å². The number of benzene rings is 1. The molecule has 2 N–H and O–H groups in total. The number of hydrogen-bond donors (Lipinski definition) is 2. The smallest absolute Gasteiger partial charge is 0.252 e. The highest BCUT2D eigenvalue weighted by molar-refractivity contribution is 6.06. The summed E-state index contributed by atoms with van der Waals surface area (Å²) in [4.78, 5) is 16.7. The second-order valence-corrected chi connectivity index (χ2v) is 5.36. The van der Waals surface area contributed by atoms with Gasteiger partial charge in [0.2, 0.25) is 0 Å². The van der Waals surface area contributed by atoms with E-state index in [1.54, 1.807) is 12.3 Å². The normalized spacial score (nSPS) is 28.1. The highest BCUT2D eigenvalue weighted by Gasteiger charge is 2.53. The molecule has 4 nitrogen and oxygen atoms in total. The van der Waals surface area contributed by atoms with Crippen LogP contribution in [0.2, 0.25) is 0 Å². The predicted molar refractivity (Wildman–Crippen MR) is 72.8 cm³/mol. The second-order valence-electron chi connectivity index (χ2n) is 5.36. The number of rotatable bonds is 2. The zero-order valence-corrected chi connectivity index (χ0v) is 10.5. The lowest BCUT2D eigenvalue weighted by atomic mass is 10.1. The third kappa shape index (κ3) is 1.71. The number of pyridine rings is 1. The lowest BCUT2D eigenvalue weighted by Gasteiger charge is -2.09. The van der Waals surface area contributed by atoms with Gasteiger partial charge in [0.1, 0.15) is 0 Å². The number of nitrogens with zero attached hydrogens (tertiary/aromatic N) is 1. The van der Waals surface area contributed by atoms with Crippen molar-refractivity contribution in [1.29, 1.82) is 0 Å². The van der Waals surface area contributed by atoms with Crippen LogP contribution in [0.25, 0.3) is 10.9 Å². The lowest BCUT2D eigenvalue weighted by molar-refractivity contribution is 0.0948. The number of fused-ring (bicyclic) bond motifs is 2. The van der Waals surface area contributed by atoms with E-state index in [9.17, 15) is 4.79 Å². The molecule has 1 aromatic heterocycles. The van der Waals surface area contributed by atoms with E-state index >= 15 is 0 Å². The standard InChI is InChI=1S/C15H15N3O/c19-15(18-14-11-7-16-8-12(11)14)10-5-6-17-13-4-2-1-3-9(10)13/h1-6,11-12,14,16H,7-8H2,(H,18,19). The van der Waals surface area contributed by atoms with Crippen LogP contribution in [0.4, 0.5) is 0 Å². The van der Waals surface area contributed by atoms with E-state index in [4.69, 9.17) is 0 Å². The van der Waals surface area contributed by atoms with Gasteiger partial charge in [0, 0.05) is 30.7 Å². The summed E-state index contributed by atoms with van der Waals surface area (Å²) in [6.45, 7) is 2.07. The average Bonchev–Trinajstić information content (AvgIpc) is 2.88. The molecule has 1 amide bonds. The molecular formula is C15H15N3O. The maximum Gasteiger partial charge on any atom is 0.252 e. The summed E-state index contributed by atoms with van der Waals surface area (Å²) in [7, 11) is 0. The summed E-state index contributed by atoms with van der Waals surface area (Å²) in [5, 5.41) is 7.41. The fourth-order valence-corrected chi connectivity index (χ4v) is 3.16. The molecule has 1 aromatic carbocycles. The van der Waals surface area contributed by atoms with E-state index < -0.39 is 0 Å². The quantitative estimate of drug-likeness (QED) is 0.845. The first-order valence-electron chi connectivity index (χ1n) is 6.70. The zero-order valence-electron chi connectivity index (χ0n) is 10.5. The Balaban J connectivity index is 1.61. The molecule has 96 valence electrons. The van der Waals surface area contributed by atoms with Crippen molar-refractivity contribution in [2.75, 3.05) is 13.1 Å². The van der Waals surface area contributed by atoms with Gasteiger partial charge in [0.05, 0.1) is 11.1 Å². The Morgan fingerprint density at radius 3 is 2.84 bits per heavy atom. The van der Waals surface area contributed by atoms with Crippen molar-refractivity contribution in [3.8, 4) is 0 Å². The predicted octanol–water partition coefficient (Wildman–Crippen LogP) is 1.18. The summed E-state index contributed by atoms with van der Waals surface area (Å²) in [5.41, 5.74) is 1.59. The first-order valence-corrected chi connectivity index (χ1v) is 6.70. The molecule has 2 unspecified atom stereocenters. The number of amides is 1. The molecule has 0 bridgehead atoms. The summed E-state index contributed by atoms with van der Waals surface area (Å²) < 4.78 is 0. The molecule has 2 atom stereocenters. The second kappa shape index (κ2) is 4.03. The number of aromatic nitrogens is 1. The topological polar surface area (TPSA) is 54.0 Å². The molecule has 4 heteroatoms. The molecule has 1 saturated heterocycles. The van der Waals surface area contributed by atoms with Gasteiger partial charge in [-0.05, 0) is 24.0 Å². The van der Waals surface area contributed by atoms with Crippen LogP contribution >= 0.6 is 0 Å². The van der Waals surface area contributed by atoms with Crippen LogP contribution in [-0.4, -0.2) is 30.0 Å². The van der Waals surface area contributed by atoms with Gasteiger partial charge in [-0.15, -0.1) is 0 Å². The minimum absolute atomic E-state index is 0.0259. The zero-order chi connectivity index (χ0) is 12.8. The van der Waals surface area contributed by atoms with Gasteiger partial charge in [0.15, 0.2) is 0 Å². The molecular weight excluding hydrogens is 238 g/mol. The van der Waals surface area contributed by atoms with E-state index in [0.29, 0.717) is 17.9 Å². The van der Waals surface area contributed by atoms with Crippen molar-refractivity contribution in [3.05, 3.63) is 42.1 Å². The molecule has 1 saturated carbocycles. The molecule has 4 rings (SSSR count). The van der Waals surface area contributed by atoms with Crippen LogP contribution < -0.4 is 10.6 Å². The maximum atomic E-state index is 12.4. The summed E-state index contributed by atoms with van der Waals surface area (Å²) in [5.74, 6) is 1.30. The third-order valence-electron chi connectivity index (χ3n) is 4.28. The van der Waals surface area contributed by atoms with Crippen LogP contribution in [0.1, 0.15) is 10.4 Å². The highest BCUT2D eigenvalue weighted by atomic mass is 16.1. The molecule has 0 radical (unpaired) electrons. The molecule has 2 aliphatic rings. The van der Waals surface area contributed by atoms with E-state index in [0.717, 1.165) is 29.6 Å². The number of carbonyl (C=O) groups excluding carboxylic acids is 1. The van der Waals surface area contributed by atoms with E-state index in [1.165, 1.54) is 0 Å². The van der Waals surface area contributed by atoms with Crippen molar-refractivity contribution in [2.45, 2.75) is 6.04 Å². The molecule has 2 aromatic rings. The molecule has 0 spiro atoms. The van der Waals surface area contributed by atoms with Crippen LogP contribution in [0, 0.1) is 11.8 Å². The lowest BCUT2D eigenvalue weighted by Crippen LogP contribution is -2.32. The Kier molecular flexibility index (Phi) is 2.32. The number of nitrogens with one attached hydrogen (secondary N) is 2. The third-order valence-corrected chi connectivity index (χ3v) is 4.28. The van der Waals surface area contributed by atoms with Gasteiger partial charge >= 0.3 is 0 Å². The minimum atomic E-state index is 0.0259. The molecule has 1 aliphatic heterocycles. The van der Waals surface area contributed by atoms with Crippen LogP contribution in [0.3, 0.4) is 0 Å².